The first-order valence-corrected chi connectivity index (χ1v) is 7.21. The van der Waals surface area contributed by atoms with E-state index in [-0.39, 0.29) is 12.1 Å². The number of halogens is 1. The summed E-state index contributed by atoms with van der Waals surface area (Å²) in [7, 11) is 0. The van der Waals surface area contributed by atoms with Gasteiger partial charge in [0.2, 0.25) is 0 Å². The van der Waals surface area contributed by atoms with Gasteiger partial charge in [0.25, 0.3) is 0 Å². The number of hydrogen-bond donors (Lipinski definition) is 1. The highest BCUT2D eigenvalue weighted by molar-refractivity contribution is 6.31. The fourth-order valence-corrected chi connectivity index (χ4v) is 2.53. The Morgan fingerprint density at radius 2 is 2.10 bits per heavy atom. The summed E-state index contributed by atoms with van der Waals surface area (Å²) in [5.41, 5.74) is 0.458. The summed E-state index contributed by atoms with van der Waals surface area (Å²) in [6.45, 7) is 7.68. The number of hydrogen-bond acceptors (Lipinski definition) is 3. The number of nitrogens with one attached hydrogen (secondary N) is 1. The molecule has 0 aromatic heterocycles. The quantitative estimate of drug-likeness (QED) is 0.865. The lowest BCUT2D eigenvalue weighted by molar-refractivity contribution is 0.0118. The Balaban J connectivity index is 2.22. The predicted octanol–water partition coefficient (Wildman–Crippen LogP) is 3.22. The Morgan fingerprint density at radius 3 is 2.75 bits per heavy atom. The van der Waals surface area contributed by atoms with E-state index in [2.05, 4.69) is 5.32 Å². The van der Waals surface area contributed by atoms with E-state index in [0.29, 0.717) is 18.1 Å². The monoisotopic (exact) mass is 296 g/mol. The number of piperazine rings is 1. The van der Waals surface area contributed by atoms with Gasteiger partial charge >= 0.3 is 6.09 Å². The second-order valence-corrected chi connectivity index (χ2v) is 6.32. The lowest BCUT2D eigenvalue weighted by atomic mass is 10.0. The molecule has 0 bridgehead atoms. The van der Waals surface area contributed by atoms with E-state index in [1.807, 2.05) is 45.0 Å². The molecule has 1 N–H and O–H groups in total. The summed E-state index contributed by atoms with van der Waals surface area (Å²) in [5, 5.41) is 3.98. The number of carbonyl (C=O) groups excluding carboxylic acids is 1. The minimum atomic E-state index is -0.493. The largest absolute Gasteiger partial charge is 0.444 e. The molecule has 1 fully saturated rings. The van der Waals surface area contributed by atoms with E-state index < -0.39 is 5.60 Å². The van der Waals surface area contributed by atoms with Crippen LogP contribution < -0.4 is 5.32 Å². The Morgan fingerprint density at radius 1 is 1.40 bits per heavy atom. The summed E-state index contributed by atoms with van der Waals surface area (Å²) in [5.74, 6) is 0. The molecule has 20 heavy (non-hydrogen) atoms. The molecule has 1 heterocycles. The van der Waals surface area contributed by atoms with Gasteiger partial charge in [-0.25, -0.2) is 4.79 Å². The maximum atomic E-state index is 12.3. The summed E-state index contributed by atoms with van der Waals surface area (Å²) in [4.78, 5) is 14.1. The van der Waals surface area contributed by atoms with Gasteiger partial charge in [0.05, 0.1) is 6.04 Å². The minimum Gasteiger partial charge on any atom is -0.444 e. The minimum absolute atomic E-state index is 0.0905. The summed E-state index contributed by atoms with van der Waals surface area (Å²) >= 11 is 6.25. The fourth-order valence-electron chi connectivity index (χ4n) is 2.27. The standard InChI is InChI=1S/C15H21ClN2O2/c1-15(2,3)20-14(19)18-9-8-17-10-13(18)11-6-4-5-7-12(11)16/h4-7,13,17H,8-10H2,1-3H3/t13-/m1/s1. The second-order valence-electron chi connectivity index (χ2n) is 5.92. The molecule has 110 valence electrons. The van der Waals surface area contributed by atoms with Gasteiger partial charge in [0.15, 0.2) is 0 Å². The van der Waals surface area contributed by atoms with Crippen molar-refractivity contribution in [2.75, 3.05) is 19.6 Å². The second kappa shape index (κ2) is 6.02. The average molecular weight is 297 g/mol. The van der Waals surface area contributed by atoms with Crippen LogP contribution in [-0.4, -0.2) is 36.2 Å². The first kappa shape index (κ1) is 15.1. The predicted molar refractivity (Wildman–Crippen MR) is 80.0 cm³/mol. The van der Waals surface area contributed by atoms with Crippen molar-refractivity contribution in [1.29, 1.82) is 0 Å². The van der Waals surface area contributed by atoms with Gasteiger partial charge in [0.1, 0.15) is 5.60 Å². The maximum Gasteiger partial charge on any atom is 0.410 e. The number of nitrogens with zero attached hydrogens (tertiary/aromatic N) is 1. The Bertz CT molecular complexity index is 485. The number of amides is 1. The molecule has 1 aromatic carbocycles. The highest BCUT2D eigenvalue weighted by atomic mass is 35.5. The first-order chi connectivity index (χ1) is 9.38. The molecule has 0 radical (unpaired) electrons. The lowest BCUT2D eigenvalue weighted by Gasteiger charge is -2.37. The van der Waals surface area contributed by atoms with E-state index in [1.165, 1.54) is 0 Å². The molecule has 1 atom stereocenters. The van der Waals surface area contributed by atoms with Crippen molar-refractivity contribution in [2.45, 2.75) is 32.4 Å². The van der Waals surface area contributed by atoms with Gasteiger partial charge < -0.3 is 10.1 Å². The summed E-state index contributed by atoms with van der Waals surface area (Å²) < 4.78 is 5.48. The van der Waals surface area contributed by atoms with Crippen LogP contribution in [0.2, 0.25) is 5.02 Å². The zero-order valence-corrected chi connectivity index (χ0v) is 12.9. The fraction of sp³-hybridized carbons (Fsp3) is 0.533. The third-order valence-electron chi connectivity index (χ3n) is 3.14. The van der Waals surface area contributed by atoms with Crippen molar-refractivity contribution in [1.82, 2.24) is 10.2 Å². The smallest absolute Gasteiger partial charge is 0.410 e. The Hall–Kier alpha value is -1.26. The van der Waals surface area contributed by atoms with Gasteiger partial charge in [-0.15, -0.1) is 0 Å². The molecule has 5 heteroatoms. The van der Waals surface area contributed by atoms with Crippen molar-refractivity contribution in [3.05, 3.63) is 34.9 Å². The molecule has 1 amide bonds. The lowest BCUT2D eigenvalue weighted by Crippen LogP contribution is -2.50. The van der Waals surface area contributed by atoms with Crippen LogP contribution in [0.3, 0.4) is 0 Å². The third kappa shape index (κ3) is 3.64. The van der Waals surface area contributed by atoms with Gasteiger partial charge in [-0.2, -0.15) is 0 Å². The van der Waals surface area contributed by atoms with Crippen molar-refractivity contribution < 1.29 is 9.53 Å². The summed E-state index contributed by atoms with van der Waals surface area (Å²) in [6.07, 6.45) is -0.288. The van der Waals surface area contributed by atoms with E-state index in [1.54, 1.807) is 4.90 Å². The molecule has 1 aliphatic heterocycles. The first-order valence-electron chi connectivity index (χ1n) is 6.83. The van der Waals surface area contributed by atoms with E-state index in [4.69, 9.17) is 16.3 Å². The van der Waals surface area contributed by atoms with Crippen molar-refractivity contribution in [3.63, 3.8) is 0 Å². The number of ether oxygens (including phenoxy) is 1. The van der Waals surface area contributed by atoms with E-state index >= 15 is 0 Å². The molecule has 0 saturated carbocycles. The van der Waals surface area contributed by atoms with Crippen LogP contribution in [0.25, 0.3) is 0 Å². The Labute approximate surface area is 125 Å². The molecule has 1 saturated heterocycles. The van der Waals surface area contributed by atoms with Crippen LogP contribution in [0.1, 0.15) is 32.4 Å². The van der Waals surface area contributed by atoms with Crippen LogP contribution in [0.15, 0.2) is 24.3 Å². The van der Waals surface area contributed by atoms with E-state index in [0.717, 1.165) is 12.1 Å². The number of benzene rings is 1. The molecule has 0 aliphatic carbocycles. The molecular weight excluding hydrogens is 276 g/mol. The van der Waals surface area contributed by atoms with E-state index in [9.17, 15) is 4.79 Å². The molecule has 0 spiro atoms. The van der Waals surface area contributed by atoms with Crippen LogP contribution >= 0.6 is 11.6 Å². The average Bonchev–Trinajstić information content (AvgIpc) is 2.37. The number of carbonyl (C=O) groups is 1. The normalized spacial score (nSPS) is 19.8. The van der Waals surface area contributed by atoms with Gasteiger partial charge in [0, 0.05) is 24.7 Å². The molecular formula is C15H21ClN2O2. The molecule has 2 rings (SSSR count). The third-order valence-corrected chi connectivity index (χ3v) is 3.48. The summed E-state index contributed by atoms with van der Waals surface area (Å²) in [6, 6.07) is 7.53. The van der Waals surface area contributed by atoms with Gasteiger partial charge in [-0.3, -0.25) is 4.90 Å². The zero-order chi connectivity index (χ0) is 14.8. The molecule has 4 nitrogen and oxygen atoms in total. The van der Waals surface area contributed by atoms with Crippen molar-refractivity contribution in [3.8, 4) is 0 Å². The number of rotatable bonds is 1. The molecule has 0 unspecified atom stereocenters. The zero-order valence-electron chi connectivity index (χ0n) is 12.1. The molecule has 1 aromatic rings. The maximum absolute atomic E-state index is 12.3. The highest BCUT2D eigenvalue weighted by Gasteiger charge is 2.32. The van der Waals surface area contributed by atoms with Gasteiger partial charge in [-0.1, -0.05) is 29.8 Å². The SMILES string of the molecule is CC(C)(C)OC(=O)N1CCNC[C@@H]1c1ccccc1Cl. The molecule has 1 aliphatic rings. The highest BCUT2D eigenvalue weighted by Crippen LogP contribution is 2.29. The van der Waals surface area contributed by atoms with Crippen LogP contribution in [0, 0.1) is 0 Å². The van der Waals surface area contributed by atoms with Gasteiger partial charge in [-0.05, 0) is 32.4 Å². The van der Waals surface area contributed by atoms with Crippen LogP contribution in [0.4, 0.5) is 4.79 Å². The Kier molecular flexibility index (Phi) is 4.55. The van der Waals surface area contributed by atoms with Crippen LogP contribution in [0.5, 0.6) is 0 Å². The van der Waals surface area contributed by atoms with Crippen molar-refractivity contribution in [2.24, 2.45) is 0 Å². The van der Waals surface area contributed by atoms with Crippen LogP contribution in [-0.2, 0) is 4.74 Å². The van der Waals surface area contributed by atoms with Crippen molar-refractivity contribution >= 4 is 17.7 Å². The topological polar surface area (TPSA) is 41.6 Å².